The van der Waals surface area contributed by atoms with Gasteiger partial charge < -0.3 is 14.0 Å². The van der Waals surface area contributed by atoms with Crippen LogP contribution in [0.3, 0.4) is 0 Å². The van der Waals surface area contributed by atoms with Crippen LogP contribution >= 0.6 is 11.3 Å². The third-order valence-electron chi connectivity index (χ3n) is 3.29. The minimum Gasteiger partial charge on any atom is -0.361 e. The minimum atomic E-state index is 0.114. The Kier molecular flexibility index (Phi) is 4.21. The Morgan fingerprint density at radius 2 is 2.16 bits per heavy atom. The van der Waals surface area contributed by atoms with Crippen molar-refractivity contribution in [2.45, 2.75) is 33.9 Å². The molecule has 0 amide bonds. The lowest BCUT2D eigenvalue weighted by atomic mass is 10.2. The van der Waals surface area contributed by atoms with Crippen LogP contribution < -0.4 is 4.87 Å². The summed E-state index contributed by atoms with van der Waals surface area (Å²) >= 11 is 1.26. The van der Waals surface area contributed by atoms with Gasteiger partial charge in [0.05, 0.1) is 5.69 Å². The third-order valence-corrected chi connectivity index (χ3v) is 4.17. The molecule has 0 unspecified atom stereocenters. The number of rotatable bonds is 5. The fraction of sp³-hybridized carbons (Fsp3) is 0.538. The van der Waals surface area contributed by atoms with Gasteiger partial charge in [0, 0.05) is 36.3 Å². The first kappa shape index (κ1) is 14.0. The van der Waals surface area contributed by atoms with Gasteiger partial charge >= 0.3 is 4.87 Å². The molecule has 0 N–H and O–H groups in total. The quantitative estimate of drug-likeness (QED) is 0.840. The molecular weight excluding hydrogens is 262 g/mol. The van der Waals surface area contributed by atoms with Crippen molar-refractivity contribution in [1.29, 1.82) is 0 Å². The largest absolute Gasteiger partial charge is 0.361 e. The summed E-state index contributed by atoms with van der Waals surface area (Å²) in [6.07, 6.45) is 0. The van der Waals surface area contributed by atoms with Crippen LogP contribution in [0.4, 0.5) is 0 Å². The number of nitrogens with zero attached hydrogens (tertiary/aromatic N) is 3. The average molecular weight is 281 g/mol. The van der Waals surface area contributed by atoms with Gasteiger partial charge in [0.15, 0.2) is 0 Å². The molecule has 0 saturated heterocycles. The number of thiazole rings is 1. The fourth-order valence-corrected chi connectivity index (χ4v) is 2.78. The molecule has 19 heavy (non-hydrogen) atoms. The minimum absolute atomic E-state index is 0.114. The van der Waals surface area contributed by atoms with Crippen molar-refractivity contribution in [2.24, 2.45) is 0 Å². The highest BCUT2D eigenvalue weighted by molar-refractivity contribution is 7.07. The Labute approximate surface area is 116 Å². The van der Waals surface area contributed by atoms with Crippen molar-refractivity contribution >= 4 is 11.3 Å². The molecule has 0 aromatic carbocycles. The highest BCUT2D eigenvalue weighted by Crippen LogP contribution is 2.14. The predicted octanol–water partition coefficient (Wildman–Crippen LogP) is 1.96. The van der Waals surface area contributed by atoms with E-state index in [-0.39, 0.29) is 4.87 Å². The highest BCUT2D eigenvalue weighted by Gasteiger charge is 2.12. The van der Waals surface area contributed by atoms with Crippen LogP contribution in [-0.4, -0.2) is 28.2 Å². The molecule has 0 radical (unpaired) electrons. The van der Waals surface area contributed by atoms with E-state index in [1.54, 1.807) is 0 Å². The number of aryl methyl sites for hydroxylation is 3. The molecule has 0 spiro atoms. The van der Waals surface area contributed by atoms with Crippen LogP contribution in [-0.2, 0) is 13.1 Å². The molecule has 2 rings (SSSR count). The van der Waals surface area contributed by atoms with Crippen molar-refractivity contribution in [1.82, 2.24) is 14.6 Å². The van der Waals surface area contributed by atoms with Gasteiger partial charge in [0.2, 0.25) is 0 Å². The fourth-order valence-electron chi connectivity index (χ4n) is 2.02. The number of hydrogen-bond acceptors (Lipinski definition) is 5. The summed E-state index contributed by atoms with van der Waals surface area (Å²) in [5.41, 5.74) is 3.10. The predicted molar refractivity (Wildman–Crippen MR) is 75.6 cm³/mol. The lowest BCUT2D eigenvalue weighted by Crippen LogP contribution is -2.27. The Bertz CT molecular complexity index is 592. The Morgan fingerprint density at radius 3 is 2.68 bits per heavy atom. The lowest BCUT2D eigenvalue weighted by Gasteiger charge is -2.16. The zero-order valence-corrected chi connectivity index (χ0v) is 12.6. The summed E-state index contributed by atoms with van der Waals surface area (Å²) in [4.78, 5) is 13.9. The van der Waals surface area contributed by atoms with Gasteiger partial charge in [-0.15, -0.1) is 0 Å². The maximum atomic E-state index is 11.6. The molecule has 0 atom stereocenters. The van der Waals surface area contributed by atoms with E-state index >= 15 is 0 Å². The van der Waals surface area contributed by atoms with Crippen molar-refractivity contribution < 1.29 is 4.52 Å². The molecule has 6 heteroatoms. The molecule has 2 aromatic rings. The second kappa shape index (κ2) is 5.71. The van der Waals surface area contributed by atoms with E-state index in [2.05, 4.69) is 10.1 Å². The van der Waals surface area contributed by atoms with E-state index in [0.717, 1.165) is 35.8 Å². The molecule has 0 fully saturated rings. The van der Waals surface area contributed by atoms with E-state index in [1.165, 1.54) is 11.3 Å². The number of hydrogen-bond donors (Lipinski definition) is 0. The van der Waals surface area contributed by atoms with E-state index in [4.69, 9.17) is 4.52 Å². The van der Waals surface area contributed by atoms with E-state index in [1.807, 2.05) is 37.8 Å². The van der Waals surface area contributed by atoms with Crippen molar-refractivity contribution in [2.75, 3.05) is 13.6 Å². The SMILES string of the molecule is Cc1noc(C)c1CN(C)CCn1c(C)csc1=O. The topological polar surface area (TPSA) is 51.3 Å². The molecule has 0 saturated carbocycles. The van der Waals surface area contributed by atoms with Crippen molar-refractivity contribution in [3.63, 3.8) is 0 Å². The van der Waals surface area contributed by atoms with Crippen molar-refractivity contribution in [3.8, 4) is 0 Å². The zero-order valence-electron chi connectivity index (χ0n) is 11.8. The first-order valence-corrected chi connectivity index (χ1v) is 7.12. The Morgan fingerprint density at radius 1 is 1.42 bits per heavy atom. The van der Waals surface area contributed by atoms with E-state index in [0.29, 0.717) is 6.54 Å². The summed E-state index contributed by atoms with van der Waals surface area (Å²) in [6, 6.07) is 0. The van der Waals surface area contributed by atoms with Crippen LogP contribution in [0.5, 0.6) is 0 Å². The number of likely N-dealkylation sites (N-methyl/N-ethyl adjacent to an activating group) is 1. The first-order chi connectivity index (χ1) is 8.99. The molecular formula is C13H19N3O2S. The second-order valence-electron chi connectivity index (χ2n) is 4.84. The lowest BCUT2D eigenvalue weighted by molar-refractivity contribution is 0.306. The third kappa shape index (κ3) is 3.13. The van der Waals surface area contributed by atoms with Gasteiger partial charge in [0.25, 0.3) is 0 Å². The standard InChI is InChI=1S/C13H19N3O2S/c1-9-8-19-13(17)16(9)6-5-15(4)7-12-10(2)14-18-11(12)3/h8H,5-7H2,1-4H3. The van der Waals surface area contributed by atoms with Gasteiger partial charge in [-0.2, -0.15) is 0 Å². The van der Waals surface area contributed by atoms with Gasteiger partial charge in [-0.25, -0.2) is 0 Å². The number of aromatic nitrogens is 2. The van der Waals surface area contributed by atoms with E-state index in [9.17, 15) is 4.79 Å². The molecule has 0 aliphatic carbocycles. The normalized spacial score (nSPS) is 11.4. The molecule has 2 aromatic heterocycles. The summed E-state index contributed by atoms with van der Waals surface area (Å²) < 4.78 is 6.97. The van der Waals surface area contributed by atoms with Crippen LogP contribution in [0.1, 0.15) is 22.7 Å². The van der Waals surface area contributed by atoms with Crippen LogP contribution in [0.25, 0.3) is 0 Å². The summed E-state index contributed by atoms with van der Waals surface area (Å²) in [6.45, 7) is 8.17. The first-order valence-electron chi connectivity index (χ1n) is 6.24. The summed E-state index contributed by atoms with van der Waals surface area (Å²) in [7, 11) is 2.04. The Hall–Kier alpha value is -1.40. The molecule has 2 heterocycles. The smallest absolute Gasteiger partial charge is 0.307 e. The molecule has 0 bridgehead atoms. The zero-order chi connectivity index (χ0) is 14.0. The van der Waals surface area contributed by atoms with Gasteiger partial charge in [-0.3, -0.25) is 4.79 Å². The molecule has 104 valence electrons. The van der Waals surface area contributed by atoms with Crippen molar-refractivity contribution in [3.05, 3.63) is 37.8 Å². The maximum absolute atomic E-state index is 11.6. The molecule has 5 nitrogen and oxygen atoms in total. The summed E-state index contributed by atoms with van der Waals surface area (Å²) in [5.74, 6) is 0.869. The second-order valence-corrected chi connectivity index (χ2v) is 5.66. The highest BCUT2D eigenvalue weighted by atomic mass is 32.1. The Balaban J connectivity index is 1.96. The summed E-state index contributed by atoms with van der Waals surface area (Å²) in [5, 5.41) is 5.85. The van der Waals surface area contributed by atoms with Gasteiger partial charge in [-0.1, -0.05) is 16.5 Å². The van der Waals surface area contributed by atoms with Crippen LogP contribution in [0.15, 0.2) is 14.7 Å². The monoisotopic (exact) mass is 281 g/mol. The maximum Gasteiger partial charge on any atom is 0.307 e. The van der Waals surface area contributed by atoms with Crippen LogP contribution in [0, 0.1) is 20.8 Å². The van der Waals surface area contributed by atoms with Gasteiger partial charge in [0.1, 0.15) is 5.76 Å². The molecule has 0 aliphatic rings. The van der Waals surface area contributed by atoms with Gasteiger partial charge in [-0.05, 0) is 27.8 Å². The molecule has 0 aliphatic heterocycles. The van der Waals surface area contributed by atoms with E-state index < -0.39 is 0 Å². The van der Waals surface area contributed by atoms with Crippen LogP contribution in [0.2, 0.25) is 0 Å². The average Bonchev–Trinajstić information content (AvgIpc) is 2.84.